The molecule has 166 valence electrons. The van der Waals surface area contributed by atoms with Crippen LogP contribution in [0, 0.1) is 0 Å². The minimum Gasteiger partial charge on any atom is -0.423 e. The van der Waals surface area contributed by atoms with E-state index in [0.717, 1.165) is 40.7 Å². The maximum atomic E-state index is 13.9. The molecular formula is C25H15F3O4S. The van der Waals surface area contributed by atoms with Gasteiger partial charge in [-0.15, -0.1) is 11.3 Å². The minimum atomic E-state index is -4.72. The highest BCUT2D eigenvalue weighted by atomic mass is 32.1. The zero-order valence-electron chi connectivity index (χ0n) is 16.9. The van der Waals surface area contributed by atoms with Crippen molar-refractivity contribution in [2.45, 2.75) is 6.18 Å². The molecule has 1 heterocycles. The van der Waals surface area contributed by atoms with Gasteiger partial charge in [-0.05, 0) is 41.5 Å². The highest BCUT2D eigenvalue weighted by Gasteiger charge is 2.38. The molecule has 0 unspecified atom stereocenters. The molecule has 4 rings (SSSR count). The zero-order chi connectivity index (χ0) is 23.8. The molecule has 0 N–H and O–H groups in total. The molecule has 4 aromatic rings. The maximum Gasteiger partial charge on any atom is 0.421 e. The van der Waals surface area contributed by atoms with Gasteiger partial charge >= 0.3 is 18.1 Å². The first-order valence-corrected chi connectivity index (χ1v) is 10.4. The first-order chi connectivity index (χ1) is 15.7. The van der Waals surface area contributed by atoms with Gasteiger partial charge in [0.1, 0.15) is 17.1 Å². The van der Waals surface area contributed by atoms with Crippen molar-refractivity contribution in [1.82, 2.24) is 0 Å². The second-order valence-electron chi connectivity index (χ2n) is 6.90. The Kier molecular flexibility index (Phi) is 5.78. The molecule has 0 aliphatic heterocycles. The van der Waals surface area contributed by atoms with Gasteiger partial charge in [0.05, 0.1) is 4.70 Å². The number of carbonyl (C=O) groups excluding carboxylic acids is 2. The third kappa shape index (κ3) is 4.38. The Labute approximate surface area is 190 Å². The van der Waals surface area contributed by atoms with Crippen LogP contribution in [0.1, 0.15) is 5.56 Å². The van der Waals surface area contributed by atoms with Crippen LogP contribution in [-0.4, -0.2) is 11.9 Å². The molecule has 0 bridgehead atoms. The van der Waals surface area contributed by atoms with E-state index in [1.54, 1.807) is 42.5 Å². The molecule has 33 heavy (non-hydrogen) atoms. The summed E-state index contributed by atoms with van der Waals surface area (Å²) in [5.41, 5.74) is 0.582. The number of hydrogen-bond donors (Lipinski definition) is 0. The number of thiophene rings is 1. The highest BCUT2D eigenvalue weighted by molar-refractivity contribution is 7.26. The average Bonchev–Trinajstić information content (AvgIpc) is 3.15. The van der Waals surface area contributed by atoms with Crippen LogP contribution in [0.25, 0.3) is 31.3 Å². The Balaban J connectivity index is 1.80. The first kappa shape index (κ1) is 22.3. The van der Waals surface area contributed by atoms with Crippen molar-refractivity contribution >= 4 is 43.4 Å². The van der Waals surface area contributed by atoms with Crippen LogP contribution in [0.15, 0.2) is 79.9 Å². The molecule has 0 atom stereocenters. The van der Waals surface area contributed by atoms with Gasteiger partial charge in [0, 0.05) is 27.6 Å². The molecular weight excluding hydrogens is 453 g/mol. The third-order valence-electron chi connectivity index (χ3n) is 4.84. The first-order valence-electron chi connectivity index (χ1n) is 9.56. The lowest BCUT2D eigenvalue weighted by Crippen LogP contribution is -2.11. The molecule has 0 saturated heterocycles. The van der Waals surface area contributed by atoms with Gasteiger partial charge in [0.2, 0.25) is 0 Å². The second-order valence-corrected chi connectivity index (χ2v) is 7.95. The quantitative estimate of drug-likeness (QED) is 0.181. The number of benzene rings is 3. The molecule has 0 saturated carbocycles. The largest absolute Gasteiger partial charge is 0.423 e. The Morgan fingerprint density at radius 3 is 2.06 bits per heavy atom. The molecule has 0 aliphatic rings. The van der Waals surface area contributed by atoms with Crippen LogP contribution >= 0.6 is 11.3 Å². The summed E-state index contributed by atoms with van der Waals surface area (Å²) in [4.78, 5) is 22.8. The summed E-state index contributed by atoms with van der Waals surface area (Å²) in [6.45, 7) is 6.57. The second kappa shape index (κ2) is 8.55. The molecule has 0 fully saturated rings. The van der Waals surface area contributed by atoms with Gasteiger partial charge in [-0.3, -0.25) is 0 Å². The van der Waals surface area contributed by atoms with Crippen LogP contribution in [-0.2, 0) is 15.8 Å². The zero-order valence-corrected chi connectivity index (χ0v) is 17.8. The number of ether oxygens (including phenoxy) is 2. The van der Waals surface area contributed by atoms with E-state index in [1.165, 1.54) is 6.07 Å². The molecule has 0 radical (unpaired) electrons. The van der Waals surface area contributed by atoms with E-state index >= 15 is 0 Å². The lowest BCUT2D eigenvalue weighted by molar-refractivity contribution is -0.139. The van der Waals surface area contributed by atoms with E-state index in [-0.39, 0.29) is 4.70 Å². The van der Waals surface area contributed by atoms with Gasteiger partial charge in [-0.2, -0.15) is 13.2 Å². The van der Waals surface area contributed by atoms with Gasteiger partial charge in [-0.1, -0.05) is 37.4 Å². The summed E-state index contributed by atoms with van der Waals surface area (Å²) in [6.07, 6.45) is -2.86. The lowest BCUT2D eigenvalue weighted by Gasteiger charge is -2.13. The number of hydrogen-bond acceptors (Lipinski definition) is 5. The topological polar surface area (TPSA) is 52.6 Å². The van der Waals surface area contributed by atoms with Crippen molar-refractivity contribution in [3.8, 4) is 22.6 Å². The van der Waals surface area contributed by atoms with Crippen molar-refractivity contribution in [3.05, 3.63) is 85.5 Å². The van der Waals surface area contributed by atoms with Crippen molar-refractivity contribution in [3.63, 3.8) is 0 Å². The normalized spacial score (nSPS) is 11.4. The summed E-state index contributed by atoms with van der Waals surface area (Å²) >= 11 is 0.970. The van der Waals surface area contributed by atoms with E-state index in [2.05, 4.69) is 13.2 Å². The van der Waals surface area contributed by atoms with Crippen LogP contribution in [0.3, 0.4) is 0 Å². The fourth-order valence-electron chi connectivity index (χ4n) is 3.38. The molecule has 0 spiro atoms. The van der Waals surface area contributed by atoms with Crippen LogP contribution < -0.4 is 9.47 Å². The summed E-state index contributed by atoms with van der Waals surface area (Å²) in [5.74, 6) is -1.75. The van der Waals surface area contributed by atoms with Crippen molar-refractivity contribution in [1.29, 1.82) is 0 Å². The van der Waals surface area contributed by atoms with Crippen LogP contribution in [0.4, 0.5) is 13.2 Å². The van der Waals surface area contributed by atoms with Crippen molar-refractivity contribution < 1.29 is 32.2 Å². The number of alkyl halides is 3. The van der Waals surface area contributed by atoms with Gasteiger partial charge < -0.3 is 9.47 Å². The predicted molar refractivity (Wildman–Crippen MR) is 121 cm³/mol. The standard InChI is InChI=1S/C25H15F3O4S/c1-3-21(29)31-16-8-5-14(6-9-16)15-7-10-17-18-11-12-19(32-22(30)4-2)23(25(26,27)28)24(18)33-20(17)13-15/h3-13H,1-2H2. The van der Waals surface area contributed by atoms with E-state index in [4.69, 9.17) is 9.47 Å². The molecule has 8 heteroatoms. The number of rotatable bonds is 5. The fraction of sp³-hybridized carbons (Fsp3) is 0.0400. The maximum absolute atomic E-state index is 13.9. The molecule has 0 amide bonds. The van der Waals surface area contributed by atoms with E-state index in [9.17, 15) is 22.8 Å². The molecule has 1 aromatic heterocycles. The predicted octanol–water partition coefficient (Wildman–Crippen LogP) is 6.92. The summed E-state index contributed by atoms with van der Waals surface area (Å²) in [5, 5.41) is 1.07. The van der Waals surface area contributed by atoms with Crippen molar-refractivity contribution in [2.24, 2.45) is 0 Å². The number of esters is 2. The Morgan fingerprint density at radius 2 is 1.42 bits per heavy atom. The van der Waals surface area contributed by atoms with Crippen molar-refractivity contribution in [2.75, 3.05) is 0 Å². The van der Waals surface area contributed by atoms with Gasteiger partial charge in [0.15, 0.2) is 0 Å². The molecule has 4 nitrogen and oxygen atoms in total. The molecule has 0 aliphatic carbocycles. The Bertz CT molecular complexity index is 1420. The number of halogens is 3. The lowest BCUT2D eigenvalue weighted by atomic mass is 10.0. The smallest absolute Gasteiger partial charge is 0.421 e. The Hall–Kier alpha value is -3.91. The third-order valence-corrected chi connectivity index (χ3v) is 6.02. The van der Waals surface area contributed by atoms with E-state index in [1.807, 2.05) is 0 Å². The van der Waals surface area contributed by atoms with E-state index < -0.39 is 29.4 Å². The summed E-state index contributed by atoms with van der Waals surface area (Å²) in [7, 11) is 0. The molecule has 3 aromatic carbocycles. The number of carbonyl (C=O) groups is 2. The average molecular weight is 468 g/mol. The summed E-state index contributed by atoms with van der Waals surface area (Å²) < 4.78 is 52.2. The van der Waals surface area contributed by atoms with Gasteiger partial charge in [-0.25, -0.2) is 9.59 Å². The minimum absolute atomic E-state index is 0.0179. The monoisotopic (exact) mass is 468 g/mol. The summed E-state index contributed by atoms with van der Waals surface area (Å²) in [6, 6.07) is 14.7. The SMILES string of the molecule is C=CC(=O)Oc1ccc(-c2ccc3c(c2)sc2c(C(F)(F)F)c(OC(=O)C=C)ccc23)cc1. The number of fused-ring (bicyclic) bond motifs is 3. The van der Waals surface area contributed by atoms with E-state index in [0.29, 0.717) is 21.2 Å². The fourth-order valence-corrected chi connectivity index (χ4v) is 4.68. The highest BCUT2D eigenvalue weighted by Crippen LogP contribution is 2.47. The van der Waals surface area contributed by atoms with Crippen LogP contribution in [0.2, 0.25) is 0 Å². The van der Waals surface area contributed by atoms with Gasteiger partial charge in [0.25, 0.3) is 0 Å². The Morgan fingerprint density at radius 1 is 0.818 bits per heavy atom. The van der Waals surface area contributed by atoms with Crippen LogP contribution in [0.5, 0.6) is 11.5 Å².